The van der Waals surface area contributed by atoms with Crippen LogP contribution in [0, 0.1) is 0 Å². The van der Waals surface area contributed by atoms with Gasteiger partial charge in [-0.05, 0) is 229 Å². The number of nitrogens with zero attached hydrogens (tertiary/aromatic N) is 3. The second-order valence-corrected chi connectivity index (χ2v) is 39.8. The molecule has 0 unspecified atom stereocenters. The Morgan fingerprint density at radius 3 is 1.29 bits per heavy atom. The van der Waals surface area contributed by atoms with Crippen molar-refractivity contribution >= 4 is 108 Å². The fraction of sp³-hybridized carbons (Fsp3) is 0.443. The number of hydrogen-bond acceptors (Lipinski definition) is 4. The summed E-state index contributed by atoms with van der Waals surface area (Å²) >= 11 is 2.09. The summed E-state index contributed by atoms with van der Waals surface area (Å²) in [4.78, 5) is 8.16. The van der Waals surface area contributed by atoms with Crippen LogP contribution in [0.25, 0.3) is 10.1 Å². The molecule has 8 aromatic rings. The van der Waals surface area contributed by atoms with Crippen molar-refractivity contribution < 1.29 is 0 Å². The van der Waals surface area contributed by atoms with Gasteiger partial charge in [-0.2, -0.15) is 0 Å². The predicted molar refractivity (Wildman–Crippen MR) is 375 cm³/mol. The van der Waals surface area contributed by atoms with Gasteiger partial charge in [-0.1, -0.05) is 184 Å². The zero-order chi connectivity index (χ0) is 60.3. The summed E-state index contributed by atoms with van der Waals surface area (Å²) in [7, 11) is -1.61. The minimum absolute atomic E-state index is 0.00644. The van der Waals surface area contributed by atoms with Crippen molar-refractivity contribution in [1.82, 2.24) is 0 Å². The topological polar surface area (TPSA) is 9.72 Å². The quantitative estimate of drug-likeness (QED) is 0.154. The average Bonchev–Trinajstić information content (AvgIpc) is 1.69. The second-order valence-electron chi connectivity index (χ2n) is 33.7. The van der Waals surface area contributed by atoms with Crippen LogP contribution in [0.15, 0.2) is 127 Å². The van der Waals surface area contributed by atoms with Crippen LogP contribution in [0.2, 0.25) is 19.6 Å². The van der Waals surface area contributed by atoms with Crippen LogP contribution in [-0.2, 0) is 43.3 Å². The van der Waals surface area contributed by atoms with E-state index in [2.05, 4.69) is 284 Å². The molecule has 3 heterocycles. The van der Waals surface area contributed by atoms with E-state index in [1.807, 2.05) is 0 Å². The highest BCUT2D eigenvalue weighted by atomic mass is 32.1. The summed E-state index contributed by atoms with van der Waals surface area (Å²) in [5.74, 6) is 0. The monoisotopic (exact) mass is 1160 g/mol. The number of benzene rings is 7. The highest BCUT2D eigenvalue weighted by Gasteiger charge is 2.50. The second kappa shape index (κ2) is 18.4. The lowest BCUT2D eigenvalue weighted by Crippen LogP contribution is -2.61. The van der Waals surface area contributed by atoms with Crippen LogP contribution in [0.4, 0.5) is 51.2 Å². The lowest BCUT2D eigenvalue weighted by Gasteiger charge is -2.48. The molecule has 4 aliphatic carbocycles. The Bertz CT molecular complexity index is 4080. The Morgan fingerprint density at radius 1 is 0.388 bits per heavy atom. The Morgan fingerprint density at radius 2 is 0.800 bits per heavy atom. The van der Waals surface area contributed by atoms with Gasteiger partial charge < -0.3 is 14.7 Å². The largest absolute Gasteiger partial charge is 0.311 e. The summed E-state index contributed by atoms with van der Waals surface area (Å²) in [5.41, 5.74) is 26.5. The molecular formula is C79H94BN3SSi. The van der Waals surface area contributed by atoms with Crippen LogP contribution < -0.4 is 35.6 Å². The third kappa shape index (κ3) is 8.71. The first-order chi connectivity index (χ1) is 39.7. The van der Waals surface area contributed by atoms with E-state index in [9.17, 15) is 0 Å². The zero-order valence-corrected chi connectivity index (χ0v) is 56.9. The normalized spacial score (nSPS) is 21.0. The molecule has 0 radical (unpaired) electrons. The van der Waals surface area contributed by atoms with Crippen molar-refractivity contribution in [3.8, 4) is 0 Å². The average molecular weight is 1160 g/mol. The summed E-state index contributed by atoms with van der Waals surface area (Å²) in [6, 6.07) is 52.4. The number of rotatable bonds is 6. The van der Waals surface area contributed by atoms with Gasteiger partial charge >= 0.3 is 0 Å². The minimum atomic E-state index is -1.61. The maximum atomic E-state index is 2.81. The molecule has 0 saturated carbocycles. The number of hydrogen-bond donors (Lipinski definition) is 0. The molecule has 0 fully saturated rings. The van der Waals surface area contributed by atoms with E-state index < -0.39 is 8.07 Å². The standard InChI is InChI=1S/C79H94BN3SSi/c1-72(2)33-35-74(5,6)58-41-51(27-31-56(58)72)82-65-47-62-61(77(11,12)38-39-78(62,13)14)46-64(65)80-69-66(82)43-53(81(49-23-21-20-22-24-49)50-25-29-54(30-26-50)85(17,18)19)44-67(69)83(52-28-32-57-59(42-52)75(7,8)36-34-73(57,3)4)70-55-45-60-63(48-68(55)84-71(70)80)79(15,16)40-37-76(60,9)10/h20-32,41-48H,33-40H2,1-19H3. The minimum Gasteiger partial charge on any atom is -0.311 e. The molecule has 438 valence electrons. The molecule has 0 N–H and O–H groups in total. The van der Waals surface area contributed by atoms with E-state index in [4.69, 9.17) is 0 Å². The SMILES string of the molecule is CC1(C)CCC(C)(C)c2cc(N3c4cc5c(cc4B4c6sc7cc8c(cc7c6N(c6ccc7c(c6)C(C)(C)CCC7(C)C)c6cc(N(c7ccccc7)c7ccc([Si](C)(C)C)cc7)cc3c64)C(C)(C)CCC8(C)C)C(C)(C)CCC5(C)C)ccc21. The molecule has 0 saturated heterocycles. The Balaban J connectivity index is 1.16. The van der Waals surface area contributed by atoms with E-state index >= 15 is 0 Å². The summed E-state index contributed by atoms with van der Waals surface area (Å²) in [6.45, 7) is 47.5. The molecule has 0 bridgehead atoms. The van der Waals surface area contributed by atoms with E-state index in [0.29, 0.717) is 0 Å². The Labute approximate surface area is 516 Å². The van der Waals surface area contributed by atoms with E-state index in [1.54, 1.807) is 0 Å². The zero-order valence-electron chi connectivity index (χ0n) is 55.1. The van der Waals surface area contributed by atoms with Gasteiger partial charge in [-0.3, -0.25) is 0 Å². The van der Waals surface area contributed by atoms with Crippen molar-refractivity contribution in [2.45, 2.75) is 225 Å². The predicted octanol–water partition coefficient (Wildman–Crippen LogP) is 20.4. The summed E-state index contributed by atoms with van der Waals surface area (Å²) in [6.07, 6.45) is 9.38. The Kier molecular flexibility index (Phi) is 12.3. The highest BCUT2D eigenvalue weighted by molar-refractivity contribution is 7.33. The van der Waals surface area contributed by atoms with Gasteiger partial charge in [0.25, 0.3) is 6.71 Å². The van der Waals surface area contributed by atoms with Crippen LogP contribution in [0.1, 0.15) is 207 Å². The molecule has 6 aliphatic rings. The molecular weight excluding hydrogens is 1060 g/mol. The molecule has 6 heteroatoms. The third-order valence-corrected chi connectivity index (χ3v) is 26.3. The number of thiophene rings is 1. The maximum Gasteiger partial charge on any atom is 0.264 e. The molecule has 1 aromatic heterocycles. The van der Waals surface area contributed by atoms with Crippen molar-refractivity contribution in [1.29, 1.82) is 0 Å². The first-order valence-corrected chi connectivity index (χ1v) is 36.9. The number of para-hydroxylation sites is 1. The van der Waals surface area contributed by atoms with Gasteiger partial charge in [0.2, 0.25) is 0 Å². The first-order valence-electron chi connectivity index (χ1n) is 32.5. The van der Waals surface area contributed by atoms with Gasteiger partial charge in [0.15, 0.2) is 0 Å². The van der Waals surface area contributed by atoms with Crippen LogP contribution in [0.5, 0.6) is 0 Å². The van der Waals surface area contributed by atoms with Crippen LogP contribution in [-0.4, -0.2) is 14.8 Å². The molecule has 14 rings (SSSR count). The van der Waals surface area contributed by atoms with E-state index in [1.165, 1.54) is 153 Å². The molecule has 2 aliphatic heterocycles. The van der Waals surface area contributed by atoms with Crippen LogP contribution in [0.3, 0.4) is 0 Å². The van der Waals surface area contributed by atoms with Crippen LogP contribution >= 0.6 is 11.3 Å². The molecule has 0 atom stereocenters. The molecule has 85 heavy (non-hydrogen) atoms. The number of fused-ring (bicyclic) bond motifs is 10. The smallest absolute Gasteiger partial charge is 0.264 e. The highest BCUT2D eigenvalue weighted by Crippen LogP contribution is 2.58. The van der Waals surface area contributed by atoms with Crippen molar-refractivity contribution in [3.63, 3.8) is 0 Å². The Hall–Kier alpha value is -5.82. The summed E-state index contributed by atoms with van der Waals surface area (Å²) in [5, 5.41) is 2.86. The molecule has 7 aromatic carbocycles. The maximum absolute atomic E-state index is 2.81. The van der Waals surface area contributed by atoms with Crippen molar-refractivity contribution in [2.24, 2.45) is 0 Å². The molecule has 0 amide bonds. The van der Waals surface area contributed by atoms with Gasteiger partial charge in [0, 0.05) is 54.7 Å². The van der Waals surface area contributed by atoms with E-state index in [-0.39, 0.29) is 50.0 Å². The first kappa shape index (κ1) is 57.0. The van der Waals surface area contributed by atoms with E-state index in [0.717, 1.165) is 24.9 Å². The van der Waals surface area contributed by atoms with Crippen molar-refractivity contribution in [3.05, 3.63) is 172 Å². The molecule has 3 nitrogen and oxygen atoms in total. The van der Waals surface area contributed by atoms with Gasteiger partial charge in [-0.15, -0.1) is 11.3 Å². The number of anilines is 9. The fourth-order valence-corrected chi connectivity index (χ4v) is 19.3. The van der Waals surface area contributed by atoms with Gasteiger partial charge in [-0.25, -0.2) is 0 Å². The lowest BCUT2D eigenvalue weighted by molar-refractivity contribution is 0.332. The summed E-state index contributed by atoms with van der Waals surface area (Å²) < 4.78 is 2.88. The fourth-order valence-electron chi connectivity index (χ4n) is 16.8. The van der Waals surface area contributed by atoms with Crippen molar-refractivity contribution in [2.75, 3.05) is 14.7 Å². The van der Waals surface area contributed by atoms with Gasteiger partial charge in [0.1, 0.15) is 0 Å². The third-order valence-electron chi connectivity index (χ3n) is 23.0. The molecule has 0 spiro atoms. The van der Waals surface area contributed by atoms with Gasteiger partial charge in [0.05, 0.1) is 19.4 Å². The lowest BCUT2D eigenvalue weighted by atomic mass is 9.35.